The Hall–Kier alpha value is -3.81. The zero-order valence-electron chi connectivity index (χ0n) is 16.9. The van der Waals surface area contributed by atoms with Gasteiger partial charge in [-0.15, -0.1) is 0 Å². The molecule has 152 valence electrons. The summed E-state index contributed by atoms with van der Waals surface area (Å²) < 4.78 is 8.46. The first-order valence-electron chi connectivity index (χ1n) is 9.69. The highest BCUT2D eigenvalue weighted by Crippen LogP contribution is 2.27. The van der Waals surface area contributed by atoms with Gasteiger partial charge in [-0.25, -0.2) is 14.5 Å². The standard InChI is InChI=1S/C22H21N5O3/c1-4-14(2)27-20-18(21(28)26(3)22(29)24-20)23-19(25-27)15-9-8-12-17(13-15)30-16-10-6-5-7-11-16/h5-14H,4H2,1-3H3/t14-/m0/s1. The molecule has 0 N–H and O–H groups in total. The topological polar surface area (TPSA) is 91.9 Å². The van der Waals surface area contributed by atoms with Crippen LogP contribution in [0.1, 0.15) is 26.3 Å². The van der Waals surface area contributed by atoms with Crippen molar-refractivity contribution in [2.75, 3.05) is 0 Å². The SMILES string of the molecule is CC[C@H](C)n1nc(-c2cccc(Oc3ccccc3)c2)nc2c(=O)n(C)c(=O)nc1-2. The van der Waals surface area contributed by atoms with Crippen molar-refractivity contribution in [1.82, 2.24) is 24.3 Å². The number of hydrogen-bond donors (Lipinski definition) is 0. The summed E-state index contributed by atoms with van der Waals surface area (Å²) in [5.74, 6) is 1.89. The van der Waals surface area contributed by atoms with E-state index in [4.69, 9.17) is 4.74 Å². The molecule has 0 saturated heterocycles. The van der Waals surface area contributed by atoms with Gasteiger partial charge in [-0.1, -0.05) is 37.3 Å². The molecule has 0 spiro atoms. The van der Waals surface area contributed by atoms with Gasteiger partial charge in [0, 0.05) is 12.6 Å². The third-order valence-corrected chi connectivity index (χ3v) is 4.92. The van der Waals surface area contributed by atoms with Crippen molar-refractivity contribution in [3.8, 4) is 34.4 Å². The Balaban J connectivity index is 1.87. The monoisotopic (exact) mass is 403 g/mol. The highest BCUT2D eigenvalue weighted by molar-refractivity contribution is 5.61. The number of fused-ring (bicyclic) bond motifs is 1. The summed E-state index contributed by atoms with van der Waals surface area (Å²) in [5.41, 5.74) is -0.325. The van der Waals surface area contributed by atoms with Crippen LogP contribution < -0.4 is 16.0 Å². The zero-order valence-corrected chi connectivity index (χ0v) is 16.9. The second kappa shape index (κ2) is 7.90. The van der Waals surface area contributed by atoms with Crippen molar-refractivity contribution >= 4 is 0 Å². The molecule has 2 aromatic carbocycles. The number of rotatable bonds is 5. The van der Waals surface area contributed by atoms with Gasteiger partial charge in [0.15, 0.2) is 17.3 Å². The second-order valence-corrected chi connectivity index (χ2v) is 7.01. The summed E-state index contributed by atoms with van der Waals surface area (Å²) in [4.78, 5) is 33.2. The molecule has 4 rings (SSSR count). The minimum atomic E-state index is -0.626. The fourth-order valence-electron chi connectivity index (χ4n) is 3.02. The smallest absolute Gasteiger partial charge is 0.352 e. The molecule has 0 aromatic heterocycles. The van der Waals surface area contributed by atoms with E-state index in [0.29, 0.717) is 22.9 Å². The van der Waals surface area contributed by atoms with Crippen LogP contribution in [0.4, 0.5) is 0 Å². The van der Waals surface area contributed by atoms with Crippen molar-refractivity contribution in [2.45, 2.75) is 26.3 Å². The normalized spacial score (nSPS) is 12.1. The lowest BCUT2D eigenvalue weighted by atomic mass is 10.2. The minimum absolute atomic E-state index is 0.0722. The van der Waals surface area contributed by atoms with Gasteiger partial charge in [0.2, 0.25) is 0 Å². The summed E-state index contributed by atoms with van der Waals surface area (Å²) in [6, 6.07) is 16.7. The van der Waals surface area contributed by atoms with Crippen LogP contribution in [0.2, 0.25) is 0 Å². The molecular weight excluding hydrogens is 382 g/mol. The van der Waals surface area contributed by atoms with Crippen molar-refractivity contribution in [3.63, 3.8) is 0 Å². The number of nitrogens with zero attached hydrogens (tertiary/aromatic N) is 5. The molecule has 1 atom stereocenters. The summed E-state index contributed by atoms with van der Waals surface area (Å²) in [7, 11) is 1.39. The van der Waals surface area contributed by atoms with Crippen molar-refractivity contribution in [2.24, 2.45) is 7.05 Å². The maximum absolute atomic E-state index is 12.7. The highest BCUT2D eigenvalue weighted by Gasteiger charge is 2.23. The summed E-state index contributed by atoms with van der Waals surface area (Å²) in [6.07, 6.45) is 0.748. The maximum atomic E-state index is 12.7. The first kappa shape index (κ1) is 19.5. The van der Waals surface area contributed by atoms with E-state index in [2.05, 4.69) is 15.1 Å². The quantitative estimate of drug-likeness (QED) is 0.508. The molecule has 30 heavy (non-hydrogen) atoms. The lowest BCUT2D eigenvalue weighted by Gasteiger charge is -2.19. The minimum Gasteiger partial charge on any atom is -0.457 e. The van der Waals surface area contributed by atoms with E-state index in [9.17, 15) is 9.59 Å². The van der Waals surface area contributed by atoms with Gasteiger partial charge < -0.3 is 4.74 Å². The molecule has 0 fully saturated rings. The van der Waals surface area contributed by atoms with Crippen LogP contribution in [0.25, 0.3) is 22.9 Å². The summed E-state index contributed by atoms with van der Waals surface area (Å²) in [6.45, 7) is 3.95. The van der Waals surface area contributed by atoms with E-state index in [0.717, 1.165) is 11.0 Å². The van der Waals surface area contributed by atoms with Gasteiger partial charge in [-0.2, -0.15) is 10.1 Å². The van der Waals surface area contributed by atoms with Crippen molar-refractivity contribution in [3.05, 3.63) is 75.4 Å². The Kier molecular flexibility index (Phi) is 5.14. The molecule has 2 aliphatic heterocycles. The van der Waals surface area contributed by atoms with Crippen molar-refractivity contribution in [1.29, 1.82) is 0 Å². The molecule has 0 bridgehead atoms. The molecule has 0 amide bonds. The second-order valence-electron chi connectivity index (χ2n) is 7.01. The largest absolute Gasteiger partial charge is 0.457 e. The average Bonchev–Trinajstić information content (AvgIpc) is 2.77. The first-order chi connectivity index (χ1) is 14.5. The van der Waals surface area contributed by atoms with Gasteiger partial charge in [0.05, 0.1) is 6.04 Å². The Labute approximate surface area is 172 Å². The van der Waals surface area contributed by atoms with Gasteiger partial charge in [-0.3, -0.25) is 9.36 Å². The molecule has 2 aliphatic rings. The number of hydrogen-bond acceptors (Lipinski definition) is 6. The zero-order chi connectivity index (χ0) is 21.3. The maximum Gasteiger partial charge on any atom is 0.352 e. The molecule has 0 unspecified atom stereocenters. The van der Waals surface area contributed by atoms with E-state index >= 15 is 0 Å². The molecule has 2 aromatic rings. The Morgan fingerprint density at radius 1 is 1.00 bits per heavy atom. The van der Waals surface area contributed by atoms with Crippen LogP contribution in [0.15, 0.2) is 64.2 Å². The number of para-hydroxylation sites is 1. The van der Waals surface area contributed by atoms with Crippen LogP contribution in [-0.4, -0.2) is 24.3 Å². The van der Waals surface area contributed by atoms with Gasteiger partial charge in [0.1, 0.15) is 11.5 Å². The molecule has 2 heterocycles. The van der Waals surface area contributed by atoms with E-state index in [-0.39, 0.29) is 17.6 Å². The van der Waals surface area contributed by atoms with E-state index in [1.165, 1.54) is 7.05 Å². The van der Waals surface area contributed by atoms with Gasteiger partial charge >= 0.3 is 5.69 Å². The van der Waals surface area contributed by atoms with Crippen molar-refractivity contribution < 1.29 is 4.74 Å². The lowest BCUT2D eigenvalue weighted by Crippen LogP contribution is -2.37. The fraction of sp³-hybridized carbons (Fsp3) is 0.227. The highest BCUT2D eigenvalue weighted by atomic mass is 16.5. The predicted molar refractivity (Wildman–Crippen MR) is 113 cm³/mol. The van der Waals surface area contributed by atoms with Crippen LogP contribution >= 0.6 is 0 Å². The van der Waals surface area contributed by atoms with Crippen LogP contribution in [0.5, 0.6) is 11.5 Å². The number of ether oxygens (including phenoxy) is 1. The Bertz CT molecular complexity index is 1280. The van der Waals surface area contributed by atoms with Crippen LogP contribution in [0, 0.1) is 0 Å². The van der Waals surface area contributed by atoms with Crippen LogP contribution in [-0.2, 0) is 7.05 Å². The fourth-order valence-corrected chi connectivity index (χ4v) is 3.02. The average molecular weight is 403 g/mol. The van der Waals surface area contributed by atoms with Crippen LogP contribution in [0.3, 0.4) is 0 Å². The summed E-state index contributed by atoms with van der Waals surface area (Å²) >= 11 is 0. The van der Waals surface area contributed by atoms with Gasteiger partial charge in [0.25, 0.3) is 5.56 Å². The molecule has 0 aliphatic carbocycles. The molecule has 0 saturated carbocycles. The van der Waals surface area contributed by atoms with Gasteiger partial charge in [-0.05, 0) is 37.6 Å². The predicted octanol–water partition coefficient (Wildman–Crippen LogP) is 3.27. The van der Waals surface area contributed by atoms with E-state index in [1.54, 1.807) is 4.68 Å². The Morgan fingerprint density at radius 3 is 2.47 bits per heavy atom. The number of aromatic nitrogens is 5. The first-order valence-corrected chi connectivity index (χ1v) is 9.69. The van der Waals surface area contributed by atoms with E-state index < -0.39 is 11.2 Å². The molecule has 8 heteroatoms. The third-order valence-electron chi connectivity index (χ3n) is 4.92. The number of benzene rings is 2. The van der Waals surface area contributed by atoms with E-state index in [1.807, 2.05) is 68.4 Å². The Morgan fingerprint density at radius 2 is 1.73 bits per heavy atom. The third kappa shape index (κ3) is 3.59. The molecule has 0 radical (unpaired) electrons. The lowest BCUT2D eigenvalue weighted by molar-refractivity contribution is 0.462. The summed E-state index contributed by atoms with van der Waals surface area (Å²) in [5, 5.41) is 4.60. The molecular formula is C22H21N5O3. The molecule has 8 nitrogen and oxygen atoms in total.